The van der Waals surface area contributed by atoms with Gasteiger partial charge in [0, 0.05) is 0 Å². The van der Waals surface area contributed by atoms with Gasteiger partial charge in [0.05, 0.1) is 5.54 Å². The van der Waals surface area contributed by atoms with Crippen LogP contribution in [-0.2, 0) is 10.3 Å². The summed E-state index contributed by atoms with van der Waals surface area (Å²) in [5, 5.41) is 0. The van der Waals surface area contributed by atoms with Gasteiger partial charge in [-0.05, 0) is 37.3 Å². The summed E-state index contributed by atoms with van der Waals surface area (Å²) in [5.41, 5.74) is 0.986. The van der Waals surface area contributed by atoms with E-state index in [0.29, 0.717) is 5.56 Å². The molecule has 84 valence electrons. The molecule has 0 saturated heterocycles. The number of alkyl halides is 1. The van der Waals surface area contributed by atoms with Gasteiger partial charge in [0.1, 0.15) is 6.17 Å². The van der Waals surface area contributed by atoms with Gasteiger partial charge in [0.15, 0.2) is 0 Å². The van der Waals surface area contributed by atoms with E-state index in [1.165, 1.54) is 6.92 Å². The maximum Gasteiger partial charge on any atom is 0.235 e. The summed E-state index contributed by atoms with van der Waals surface area (Å²) in [7, 11) is 0. The summed E-state index contributed by atoms with van der Waals surface area (Å²) >= 11 is 0. The Kier molecular flexibility index (Phi) is 2.88. The van der Waals surface area contributed by atoms with E-state index in [0.717, 1.165) is 24.8 Å². The van der Waals surface area contributed by atoms with Crippen molar-refractivity contribution in [3.8, 4) is 0 Å². The molecule has 0 heterocycles. The van der Waals surface area contributed by atoms with Gasteiger partial charge in [-0.2, -0.15) is 4.99 Å². The summed E-state index contributed by atoms with van der Waals surface area (Å²) in [6, 6.07) is 7.30. The zero-order valence-electron chi connectivity index (χ0n) is 9.24. The molecular weight excluding hydrogens is 205 g/mol. The van der Waals surface area contributed by atoms with Crippen molar-refractivity contribution in [3.63, 3.8) is 0 Å². The van der Waals surface area contributed by atoms with Crippen molar-refractivity contribution in [3.05, 3.63) is 35.4 Å². The average molecular weight is 219 g/mol. The molecule has 2 nitrogen and oxygen atoms in total. The molecular formula is C13H14FNO. The standard InChI is InChI=1S/C13H14FNO/c1-10(14)11-5-2-3-6-12(11)13(15-9-16)7-4-8-13/h2-3,5-6,10H,4,7-8H2,1H3. The molecule has 0 radical (unpaired) electrons. The molecule has 0 amide bonds. The Morgan fingerprint density at radius 3 is 2.62 bits per heavy atom. The molecule has 3 heteroatoms. The number of hydrogen-bond donors (Lipinski definition) is 0. The summed E-state index contributed by atoms with van der Waals surface area (Å²) in [5.74, 6) is 0. The van der Waals surface area contributed by atoms with Crippen LogP contribution in [-0.4, -0.2) is 6.08 Å². The van der Waals surface area contributed by atoms with E-state index < -0.39 is 11.7 Å². The lowest BCUT2D eigenvalue weighted by Crippen LogP contribution is -2.33. The molecule has 0 aromatic heterocycles. The molecule has 0 bridgehead atoms. The van der Waals surface area contributed by atoms with E-state index in [4.69, 9.17) is 0 Å². The van der Waals surface area contributed by atoms with Crippen molar-refractivity contribution in [2.24, 2.45) is 4.99 Å². The van der Waals surface area contributed by atoms with Gasteiger partial charge in [0.2, 0.25) is 6.08 Å². The lowest BCUT2D eigenvalue weighted by Gasteiger charge is -2.38. The van der Waals surface area contributed by atoms with E-state index in [2.05, 4.69) is 4.99 Å². The molecule has 1 aliphatic carbocycles. The molecule has 1 aromatic rings. The smallest absolute Gasteiger partial charge is 0.235 e. The second-order valence-electron chi connectivity index (χ2n) is 4.29. The summed E-state index contributed by atoms with van der Waals surface area (Å²) in [6.45, 7) is 1.51. The van der Waals surface area contributed by atoms with Crippen molar-refractivity contribution < 1.29 is 9.18 Å². The second-order valence-corrected chi connectivity index (χ2v) is 4.29. The Balaban J connectivity index is 2.50. The Morgan fingerprint density at radius 2 is 2.12 bits per heavy atom. The normalized spacial score (nSPS) is 19.4. The molecule has 2 rings (SSSR count). The number of isocyanates is 1. The van der Waals surface area contributed by atoms with Gasteiger partial charge in [-0.15, -0.1) is 0 Å². The molecule has 1 unspecified atom stereocenters. The molecule has 1 saturated carbocycles. The number of benzene rings is 1. The van der Waals surface area contributed by atoms with Crippen LogP contribution in [0, 0.1) is 0 Å². The Morgan fingerprint density at radius 1 is 1.44 bits per heavy atom. The molecule has 0 spiro atoms. The van der Waals surface area contributed by atoms with Crippen LogP contribution in [0.15, 0.2) is 29.3 Å². The Bertz CT molecular complexity index is 431. The molecule has 1 aliphatic rings. The third-order valence-corrected chi connectivity index (χ3v) is 3.33. The van der Waals surface area contributed by atoms with Crippen LogP contribution in [0.25, 0.3) is 0 Å². The summed E-state index contributed by atoms with van der Waals surface area (Å²) < 4.78 is 13.5. The monoisotopic (exact) mass is 219 g/mol. The van der Waals surface area contributed by atoms with Crippen molar-refractivity contribution in [2.75, 3.05) is 0 Å². The highest BCUT2D eigenvalue weighted by Gasteiger charge is 2.40. The molecule has 0 aliphatic heterocycles. The van der Waals surface area contributed by atoms with Crippen molar-refractivity contribution >= 4 is 6.08 Å². The first-order chi connectivity index (χ1) is 7.69. The van der Waals surface area contributed by atoms with E-state index in [1.807, 2.05) is 18.2 Å². The maximum absolute atomic E-state index is 13.5. The van der Waals surface area contributed by atoms with Crippen molar-refractivity contribution in [1.29, 1.82) is 0 Å². The Hall–Kier alpha value is -1.47. The minimum absolute atomic E-state index is 0.501. The van der Waals surface area contributed by atoms with Crippen LogP contribution in [0.2, 0.25) is 0 Å². The van der Waals surface area contributed by atoms with Crippen LogP contribution < -0.4 is 0 Å². The number of hydrogen-bond acceptors (Lipinski definition) is 2. The number of carbonyl (C=O) groups excluding carboxylic acids is 1. The van der Waals surface area contributed by atoms with Gasteiger partial charge >= 0.3 is 0 Å². The lowest BCUT2D eigenvalue weighted by molar-refractivity contribution is 0.248. The fourth-order valence-corrected chi connectivity index (χ4v) is 2.31. The lowest BCUT2D eigenvalue weighted by atomic mass is 9.70. The van der Waals surface area contributed by atoms with Gasteiger partial charge in [0.25, 0.3) is 0 Å². The molecule has 1 fully saturated rings. The first-order valence-electron chi connectivity index (χ1n) is 5.52. The minimum atomic E-state index is -1.03. The summed E-state index contributed by atoms with van der Waals surface area (Å²) in [6.07, 6.45) is 3.25. The van der Waals surface area contributed by atoms with E-state index in [9.17, 15) is 9.18 Å². The van der Waals surface area contributed by atoms with Crippen molar-refractivity contribution in [2.45, 2.75) is 37.9 Å². The maximum atomic E-state index is 13.5. The first-order valence-corrected chi connectivity index (χ1v) is 5.52. The van der Waals surface area contributed by atoms with E-state index in [1.54, 1.807) is 12.1 Å². The predicted octanol–water partition coefficient (Wildman–Crippen LogP) is 3.43. The first kappa shape index (κ1) is 11.0. The number of aliphatic imine (C=N–C) groups is 1. The summed E-state index contributed by atoms with van der Waals surface area (Å²) in [4.78, 5) is 14.4. The predicted molar refractivity (Wildman–Crippen MR) is 59.6 cm³/mol. The van der Waals surface area contributed by atoms with Crippen LogP contribution in [0.1, 0.15) is 43.5 Å². The van der Waals surface area contributed by atoms with Crippen LogP contribution in [0.4, 0.5) is 4.39 Å². The highest BCUT2D eigenvalue weighted by atomic mass is 19.1. The SMILES string of the molecule is CC(F)c1ccccc1C1(N=C=O)CCC1. The minimum Gasteiger partial charge on any atom is -0.243 e. The number of nitrogens with zero attached hydrogens (tertiary/aromatic N) is 1. The zero-order valence-corrected chi connectivity index (χ0v) is 9.24. The fraction of sp³-hybridized carbons (Fsp3) is 0.462. The highest BCUT2D eigenvalue weighted by molar-refractivity contribution is 5.43. The van der Waals surface area contributed by atoms with Crippen LogP contribution in [0.3, 0.4) is 0 Å². The number of rotatable bonds is 3. The largest absolute Gasteiger partial charge is 0.243 e. The van der Waals surface area contributed by atoms with E-state index in [-0.39, 0.29) is 0 Å². The average Bonchev–Trinajstić information content (AvgIpc) is 2.23. The van der Waals surface area contributed by atoms with Gasteiger partial charge in [-0.1, -0.05) is 24.3 Å². The quantitative estimate of drug-likeness (QED) is 0.565. The third kappa shape index (κ3) is 1.68. The van der Waals surface area contributed by atoms with Crippen LogP contribution >= 0.6 is 0 Å². The van der Waals surface area contributed by atoms with Gasteiger partial charge in [-0.25, -0.2) is 9.18 Å². The van der Waals surface area contributed by atoms with Gasteiger partial charge < -0.3 is 0 Å². The molecule has 1 aromatic carbocycles. The van der Waals surface area contributed by atoms with E-state index >= 15 is 0 Å². The molecule has 0 N–H and O–H groups in total. The fourth-order valence-electron chi connectivity index (χ4n) is 2.31. The Labute approximate surface area is 94.2 Å². The zero-order chi connectivity index (χ0) is 11.6. The van der Waals surface area contributed by atoms with Crippen LogP contribution in [0.5, 0.6) is 0 Å². The van der Waals surface area contributed by atoms with Gasteiger partial charge in [-0.3, -0.25) is 0 Å². The third-order valence-electron chi connectivity index (χ3n) is 3.33. The topological polar surface area (TPSA) is 29.4 Å². The molecule has 1 atom stereocenters. The second kappa shape index (κ2) is 4.18. The molecule has 16 heavy (non-hydrogen) atoms. The number of halogens is 1. The van der Waals surface area contributed by atoms with Crippen molar-refractivity contribution in [1.82, 2.24) is 0 Å². The highest BCUT2D eigenvalue weighted by Crippen LogP contribution is 2.47.